The van der Waals surface area contributed by atoms with Gasteiger partial charge in [0.1, 0.15) is 6.61 Å². The van der Waals surface area contributed by atoms with Gasteiger partial charge in [-0.25, -0.2) is 8.78 Å². The molecule has 1 N–H and O–H groups in total. The lowest BCUT2D eigenvalue weighted by Gasteiger charge is -2.12. The molecule has 0 amide bonds. The molecule has 5 heteroatoms. The van der Waals surface area contributed by atoms with E-state index < -0.39 is 17.4 Å². The Kier molecular flexibility index (Phi) is 2.94. The fraction of sp³-hybridized carbons (Fsp3) is 1.00. The molecule has 0 unspecified atom stereocenters. The summed E-state index contributed by atoms with van der Waals surface area (Å²) in [5.74, 6) is -3.37. The molecule has 50 valence electrons. The lowest BCUT2D eigenvalue weighted by molar-refractivity contribution is -0.0372. The van der Waals surface area contributed by atoms with Crippen molar-refractivity contribution in [2.24, 2.45) is 0 Å². The highest BCUT2D eigenvalue weighted by Crippen LogP contribution is 2.25. The van der Waals surface area contributed by atoms with Crippen LogP contribution in [0, 0.1) is 0 Å². The summed E-state index contributed by atoms with van der Waals surface area (Å²) in [7, 11) is 0. The van der Waals surface area contributed by atoms with E-state index >= 15 is 0 Å². The smallest absolute Gasteiger partial charge is 0.300 e. The second-order valence-electron chi connectivity index (χ2n) is 1.22. The summed E-state index contributed by atoms with van der Waals surface area (Å²) in [5.41, 5.74) is 0. The van der Waals surface area contributed by atoms with Crippen LogP contribution in [0.1, 0.15) is 0 Å². The molecule has 0 aromatic rings. The van der Waals surface area contributed by atoms with Gasteiger partial charge in [-0.2, -0.15) is 0 Å². The number of halogens is 4. The van der Waals surface area contributed by atoms with Crippen LogP contribution < -0.4 is 0 Å². The molecule has 0 aliphatic carbocycles. The molecule has 0 rings (SSSR count). The number of hydrogen-bond donors (Lipinski definition) is 1. The Bertz CT molecular complexity index is 75.7. The summed E-state index contributed by atoms with van der Waals surface area (Å²) < 4.78 is 23.5. The first-order valence-electron chi connectivity index (χ1n) is 1.77. The lowest BCUT2D eigenvalue weighted by Crippen LogP contribution is -2.28. The average molecular weight is 165 g/mol. The normalized spacial score (nSPS) is 12.8. The summed E-state index contributed by atoms with van der Waals surface area (Å²) >= 11 is 9.45. The van der Waals surface area contributed by atoms with E-state index in [1.807, 2.05) is 0 Å². The van der Waals surface area contributed by atoms with Crippen molar-refractivity contribution in [1.29, 1.82) is 0 Å². The molecule has 0 fully saturated rings. The Morgan fingerprint density at radius 2 is 1.88 bits per heavy atom. The number of hydrogen-bond acceptors (Lipinski definition) is 1. The van der Waals surface area contributed by atoms with E-state index in [4.69, 9.17) is 28.3 Å². The summed E-state index contributed by atoms with van der Waals surface area (Å²) in [5, 5.41) is 7.85. The van der Waals surface area contributed by atoms with Crippen LogP contribution in [-0.4, -0.2) is 22.5 Å². The molecule has 0 saturated heterocycles. The van der Waals surface area contributed by atoms with E-state index in [2.05, 4.69) is 0 Å². The second-order valence-corrected chi connectivity index (χ2v) is 2.32. The maximum absolute atomic E-state index is 11.8. The van der Waals surface area contributed by atoms with Crippen molar-refractivity contribution in [3.8, 4) is 0 Å². The minimum atomic E-state index is -3.37. The van der Waals surface area contributed by atoms with Crippen molar-refractivity contribution in [2.75, 3.05) is 6.61 Å². The van der Waals surface area contributed by atoms with E-state index in [1.54, 1.807) is 0 Å². The van der Waals surface area contributed by atoms with Crippen molar-refractivity contribution in [3.63, 3.8) is 0 Å². The number of aliphatic hydroxyl groups excluding tert-OH is 1. The molecule has 0 bridgehead atoms. The Hall–Kier alpha value is 0.400. The van der Waals surface area contributed by atoms with Crippen LogP contribution in [0.3, 0.4) is 0 Å². The van der Waals surface area contributed by atoms with E-state index in [0.29, 0.717) is 0 Å². The molecule has 0 radical (unpaired) electrons. The van der Waals surface area contributed by atoms with Crippen molar-refractivity contribution < 1.29 is 13.9 Å². The Labute approximate surface area is 55.2 Å². The molecular formula is C3H4Cl2F2O. The maximum Gasteiger partial charge on any atom is 0.300 e. The largest absolute Gasteiger partial charge is 0.390 e. The van der Waals surface area contributed by atoms with Crippen LogP contribution in [0.5, 0.6) is 0 Å². The zero-order chi connectivity index (χ0) is 6.78. The SMILES string of the molecule is OCC(F)(F)C(Cl)Cl. The fourth-order valence-electron chi connectivity index (χ4n) is 0.0690. The minimum absolute atomic E-state index is 1.31. The van der Waals surface area contributed by atoms with Gasteiger partial charge < -0.3 is 5.11 Å². The zero-order valence-electron chi connectivity index (χ0n) is 3.74. The first-order chi connectivity index (χ1) is 3.50. The second kappa shape index (κ2) is 2.80. The molecule has 0 aromatic heterocycles. The number of aliphatic hydroxyl groups is 1. The highest BCUT2D eigenvalue weighted by atomic mass is 35.5. The molecular weight excluding hydrogens is 161 g/mol. The van der Waals surface area contributed by atoms with Gasteiger partial charge in [0.2, 0.25) is 0 Å². The summed E-state index contributed by atoms with van der Waals surface area (Å²) in [6.45, 7) is -1.31. The van der Waals surface area contributed by atoms with Gasteiger partial charge in [-0.05, 0) is 0 Å². The van der Waals surface area contributed by atoms with Crippen molar-refractivity contribution in [2.45, 2.75) is 10.8 Å². The highest BCUT2D eigenvalue weighted by molar-refractivity contribution is 6.45. The zero-order valence-corrected chi connectivity index (χ0v) is 5.26. The average Bonchev–Trinajstić information content (AvgIpc) is 1.67. The standard InChI is InChI=1S/C3H4Cl2F2O/c4-2(5)3(6,7)1-8/h2,8H,1H2. The molecule has 0 aliphatic heterocycles. The molecule has 0 heterocycles. The predicted molar refractivity (Wildman–Crippen MR) is 27.5 cm³/mol. The first kappa shape index (κ1) is 8.40. The Morgan fingerprint density at radius 1 is 1.50 bits per heavy atom. The van der Waals surface area contributed by atoms with Gasteiger partial charge in [-0.15, -0.1) is 0 Å². The molecule has 0 saturated carbocycles. The van der Waals surface area contributed by atoms with Crippen molar-refractivity contribution in [1.82, 2.24) is 0 Å². The molecule has 0 spiro atoms. The Balaban J connectivity index is 3.71. The van der Waals surface area contributed by atoms with Gasteiger partial charge in [0.05, 0.1) is 0 Å². The van der Waals surface area contributed by atoms with Gasteiger partial charge in [0.25, 0.3) is 5.92 Å². The first-order valence-corrected chi connectivity index (χ1v) is 2.65. The third kappa shape index (κ3) is 2.11. The number of rotatable bonds is 2. The van der Waals surface area contributed by atoms with Gasteiger partial charge >= 0.3 is 0 Å². The van der Waals surface area contributed by atoms with E-state index in [0.717, 1.165) is 0 Å². The van der Waals surface area contributed by atoms with Crippen LogP contribution in [0.4, 0.5) is 8.78 Å². The van der Waals surface area contributed by atoms with Crippen LogP contribution >= 0.6 is 23.2 Å². The Morgan fingerprint density at radius 3 is 1.88 bits per heavy atom. The molecule has 0 atom stereocenters. The van der Waals surface area contributed by atoms with Gasteiger partial charge in [0.15, 0.2) is 4.84 Å². The minimum Gasteiger partial charge on any atom is -0.390 e. The van der Waals surface area contributed by atoms with Crippen molar-refractivity contribution in [3.05, 3.63) is 0 Å². The van der Waals surface area contributed by atoms with Crippen LogP contribution in [0.2, 0.25) is 0 Å². The van der Waals surface area contributed by atoms with Gasteiger partial charge in [-0.1, -0.05) is 23.2 Å². The topological polar surface area (TPSA) is 20.2 Å². The van der Waals surface area contributed by atoms with Crippen LogP contribution in [-0.2, 0) is 0 Å². The van der Waals surface area contributed by atoms with Gasteiger partial charge in [-0.3, -0.25) is 0 Å². The molecule has 8 heavy (non-hydrogen) atoms. The van der Waals surface area contributed by atoms with E-state index in [-0.39, 0.29) is 0 Å². The maximum atomic E-state index is 11.8. The summed E-state index contributed by atoms with van der Waals surface area (Å²) in [6, 6.07) is 0. The summed E-state index contributed by atoms with van der Waals surface area (Å²) in [6.07, 6.45) is 0. The third-order valence-corrected chi connectivity index (χ3v) is 1.17. The number of alkyl halides is 4. The quantitative estimate of drug-likeness (QED) is 0.613. The fourth-order valence-corrected chi connectivity index (χ4v) is 0.207. The van der Waals surface area contributed by atoms with Crippen LogP contribution in [0.25, 0.3) is 0 Å². The van der Waals surface area contributed by atoms with Gasteiger partial charge in [0, 0.05) is 0 Å². The molecule has 0 aliphatic rings. The lowest BCUT2D eigenvalue weighted by atomic mass is 10.4. The summed E-state index contributed by atoms with van der Waals surface area (Å²) in [4.78, 5) is -1.83. The van der Waals surface area contributed by atoms with Crippen LogP contribution in [0.15, 0.2) is 0 Å². The third-order valence-electron chi connectivity index (χ3n) is 0.530. The highest BCUT2D eigenvalue weighted by Gasteiger charge is 2.35. The monoisotopic (exact) mass is 164 g/mol. The van der Waals surface area contributed by atoms with E-state index in [1.165, 1.54) is 0 Å². The van der Waals surface area contributed by atoms with Crippen molar-refractivity contribution >= 4 is 23.2 Å². The molecule has 1 nitrogen and oxygen atoms in total. The van der Waals surface area contributed by atoms with E-state index in [9.17, 15) is 8.78 Å². The molecule has 0 aromatic carbocycles. The predicted octanol–water partition coefficient (Wildman–Crippen LogP) is 1.42.